The summed E-state index contributed by atoms with van der Waals surface area (Å²) in [5.74, 6) is -0.192. The zero-order valence-electron chi connectivity index (χ0n) is 17.0. The highest BCUT2D eigenvalue weighted by Crippen LogP contribution is 2.24. The molecule has 1 N–H and O–H groups in total. The highest BCUT2D eigenvalue weighted by Gasteiger charge is 2.47. The van der Waals surface area contributed by atoms with Gasteiger partial charge in [0.25, 0.3) is 5.91 Å². The summed E-state index contributed by atoms with van der Waals surface area (Å²) in [6, 6.07) is 15.7. The minimum atomic E-state index is -2.87. The van der Waals surface area contributed by atoms with Gasteiger partial charge in [0.05, 0.1) is 6.67 Å². The Morgan fingerprint density at radius 2 is 1.73 bits per heavy atom. The molecule has 1 aliphatic heterocycles. The molecule has 1 atom stereocenters. The van der Waals surface area contributed by atoms with E-state index in [2.05, 4.69) is 10.1 Å². The molecule has 1 aliphatic rings. The molecule has 3 amide bonds. The number of nitrogens with zero attached hydrogens (tertiary/aromatic N) is 2. The van der Waals surface area contributed by atoms with Crippen molar-refractivity contribution in [3.8, 4) is 5.75 Å². The molecule has 30 heavy (non-hydrogen) atoms. The van der Waals surface area contributed by atoms with Crippen LogP contribution in [0.5, 0.6) is 5.75 Å². The molecule has 0 saturated carbocycles. The van der Waals surface area contributed by atoms with Gasteiger partial charge in [-0.25, -0.2) is 9.69 Å². The van der Waals surface area contributed by atoms with Gasteiger partial charge in [-0.2, -0.15) is 8.78 Å². The van der Waals surface area contributed by atoms with Gasteiger partial charge in [0.15, 0.2) is 0 Å². The number of carbonyl (C=O) groups excluding carboxylic acids is 2. The molecular formula is C22H25F2N3O3. The fourth-order valence-electron chi connectivity index (χ4n) is 3.46. The molecule has 0 unspecified atom stereocenters. The average Bonchev–Trinajstić information content (AvgIpc) is 2.91. The quantitative estimate of drug-likeness (QED) is 0.633. The lowest BCUT2D eigenvalue weighted by molar-refractivity contribution is -0.132. The maximum absolute atomic E-state index is 12.9. The molecule has 0 radical (unpaired) electrons. The van der Waals surface area contributed by atoms with Crippen LogP contribution in [0.25, 0.3) is 0 Å². The standard InChI is InChI=1S/C22H25F2N3O3/c1-22(13-12-16-8-10-18(11-9-16)30-20(23)24)19(28)27(21(29)25-22)15-26(2)14-17-6-4-3-5-7-17/h3-11,20H,12-15H2,1-2H3,(H,25,29)/t22-/m1/s1. The lowest BCUT2D eigenvalue weighted by atomic mass is 9.93. The van der Waals surface area contributed by atoms with Gasteiger partial charge < -0.3 is 10.1 Å². The van der Waals surface area contributed by atoms with E-state index in [0.29, 0.717) is 19.4 Å². The van der Waals surface area contributed by atoms with Crippen LogP contribution in [-0.4, -0.2) is 47.6 Å². The predicted octanol–water partition coefficient (Wildman–Crippen LogP) is 3.62. The number of rotatable bonds is 9. The maximum atomic E-state index is 12.9. The molecule has 0 aliphatic carbocycles. The second-order valence-corrected chi connectivity index (χ2v) is 7.66. The van der Waals surface area contributed by atoms with Crippen LogP contribution in [0, 0.1) is 0 Å². The first-order chi connectivity index (χ1) is 14.3. The Labute approximate surface area is 174 Å². The number of nitrogens with one attached hydrogen (secondary N) is 1. The van der Waals surface area contributed by atoms with Gasteiger partial charge >= 0.3 is 12.6 Å². The summed E-state index contributed by atoms with van der Waals surface area (Å²) in [6.45, 7) is -0.359. The minimum Gasteiger partial charge on any atom is -0.435 e. The lowest BCUT2D eigenvalue weighted by Crippen LogP contribution is -2.45. The van der Waals surface area contributed by atoms with Crippen molar-refractivity contribution in [2.75, 3.05) is 13.7 Å². The predicted molar refractivity (Wildman–Crippen MR) is 108 cm³/mol. The van der Waals surface area contributed by atoms with Crippen molar-refractivity contribution in [3.05, 3.63) is 65.7 Å². The Hall–Kier alpha value is -3.00. The second-order valence-electron chi connectivity index (χ2n) is 7.66. The van der Waals surface area contributed by atoms with E-state index in [-0.39, 0.29) is 18.3 Å². The zero-order valence-corrected chi connectivity index (χ0v) is 17.0. The van der Waals surface area contributed by atoms with Gasteiger partial charge in [-0.3, -0.25) is 9.69 Å². The first-order valence-electron chi connectivity index (χ1n) is 9.67. The molecule has 6 nitrogen and oxygen atoms in total. The van der Waals surface area contributed by atoms with E-state index in [4.69, 9.17) is 0 Å². The zero-order chi connectivity index (χ0) is 21.7. The summed E-state index contributed by atoms with van der Waals surface area (Å²) >= 11 is 0. The number of urea groups is 1. The number of hydrogen-bond acceptors (Lipinski definition) is 4. The van der Waals surface area contributed by atoms with E-state index in [1.807, 2.05) is 42.3 Å². The van der Waals surface area contributed by atoms with Crippen molar-refractivity contribution in [2.45, 2.75) is 38.5 Å². The third kappa shape index (κ3) is 5.33. The molecule has 2 aromatic rings. The highest BCUT2D eigenvalue weighted by molar-refractivity contribution is 6.06. The Morgan fingerprint density at radius 3 is 2.37 bits per heavy atom. The van der Waals surface area contributed by atoms with E-state index in [9.17, 15) is 18.4 Å². The first kappa shape index (κ1) is 21.7. The van der Waals surface area contributed by atoms with Gasteiger partial charge in [0.1, 0.15) is 11.3 Å². The van der Waals surface area contributed by atoms with Crippen LogP contribution >= 0.6 is 0 Å². The topological polar surface area (TPSA) is 61.9 Å². The van der Waals surface area contributed by atoms with Crippen LogP contribution in [-0.2, 0) is 17.8 Å². The van der Waals surface area contributed by atoms with E-state index in [1.165, 1.54) is 17.0 Å². The SMILES string of the molecule is CN(Cc1ccccc1)CN1C(=O)N[C@](C)(CCc2ccc(OC(F)F)cc2)C1=O. The fourth-order valence-corrected chi connectivity index (χ4v) is 3.46. The smallest absolute Gasteiger partial charge is 0.387 e. The molecule has 8 heteroatoms. The van der Waals surface area contributed by atoms with Gasteiger partial charge in [-0.05, 0) is 50.1 Å². The normalized spacial score (nSPS) is 18.9. The summed E-state index contributed by atoms with van der Waals surface area (Å²) in [7, 11) is 1.85. The average molecular weight is 417 g/mol. The number of imide groups is 1. The van der Waals surface area contributed by atoms with Crippen LogP contribution in [0.1, 0.15) is 24.5 Å². The van der Waals surface area contributed by atoms with Gasteiger partial charge in [0, 0.05) is 6.54 Å². The Morgan fingerprint density at radius 1 is 1.07 bits per heavy atom. The monoisotopic (exact) mass is 417 g/mol. The van der Waals surface area contributed by atoms with Gasteiger partial charge in [-0.15, -0.1) is 0 Å². The van der Waals surface area contributed by atoms with E-state index >= 15 is 0 Å². The summed E-state index contributed by atoms with van der Waals surface area (Å²) in [4.78, 5) is 28.5. The molecule has 0 bridgehead atoms. The van der Waals surface area contributed by atoms with Crippen LogP contribution in [0.3, 0.4) is 0 Å². The number of aryl methyl sites for hydroxylation is 1. The molecule has 0 spiro atoms. The number of amides is 3. The molecule has 160 valence electrons. The third-order valence-corrected chi connectivity index (χ3v) is 5.09. The minimum absolute atomic E-state index is 0.0813. The van der Waals surface area contributed by atoms with Crippen LogP contribution in [0.15, 0.2) is 54.6 Å². The van der Waals surface area contributed by atoms with Gasteiger partial charge in [0.2, 0.25) is 0 Å². The summed E-state index contributed by atoms with van der Waals surface area (Å²) in [5, 5.41) is 2.79. The number of benzene rings is 2. The van der Waals surface area contributed by atoms with E-state index < -0.39 is 18.2 Å². The van der Waals surface area contributed by atoms with E-state index in [0.717, 1.165) is 11.1 Å². The van der Waals surface area contributed by atoms with Crippen LogP contribution in [0.2, 0.25) is 0 Å². The Kier molecular flexibility index (Phi) is 6.66. The molecule has 1 saturated heterocycles. The van der Waals surface area contributed by atoms with Crippen molar-refractivity contribution in [3.63, 3.8) is 0 Å². The maximum Gasteiger partial charge on any atom is 0.387 e. The van der Waals surface area contributed by atoms with Crippen molar-refractivity contribution in [1.82, 2.24) is 15.1 Å². The largest absolute Gasteiger partial charge is 0.435 e. The molecule has 1 fully saturated rings. The van der Waals surface area contributed by atoms with E-state index in [1.54, 1.807) is 19.1 Å². The third-order valence-electron chi connectivity index (χ3n) is 5.09. The van der Waals surface area contributed by atoms with Crippen molar-refractivity contribution in [2.24, 2.45) is 0 Å². The molecular weight excluding hydrogens is 392 g/mol. The Bertz CT molecular complexity index is 877. The molecule has 1 heterocycles. The van der Waals surface area contributed by atoms with Crippen molar-refractivity contribution >= 4 is 11.9 Å². The molecule has 0 aromatic heterocycles. The first-order valence-corrected chi connectivity index (χ1v) is 9.67. The number of ether oxygens (including phenoxy) is 1. The summed E-state index contributed by atoms with van der Waals surface area (Å²) in [5.41, 5.74) is 0.941. The second kappa shape index (κ2) is 9.21. The molecule has 2 aromatic carbocycles. The van der Waals surface area contributed by atoms with Gasteiger partial charge in [-0.1, -0.05) is 42.5 Å². The number of carbonyl (C=O) groups is 2. The van der Waals surface area contributed by atoms with Crippen LogP contribution < -0.4 is 10.1 Å². The highest BCUT2D eigenvalue weighted by atomic mass is 19.3. The lowest BCUT2D eigenvalue weighted by Gasteiger charge is -2.24. The Balaban J connectivity index is 1.57. The summed E-state index contributed by atoms with van der Waals surface area (Å²) < 4.78 is 28.8. The molecule has 3 rings (SSSR count). The van der Waals surface area contributed by atoms with Crippen LogP contribution in [0.4, 0.5) is 13.6 Å². The summed E-state index contributed by atoms with van der Waals surface area (Å²) in [6.07, 6.45) is 0.900. The fraction of sp³-hybridized carbons (Fsp3) is 0.364. The number of alkyl halides is 2. The van der Waals surface area contributed by atoms with Crippen molar-refractivity contribution in [1.29, 1.82) is 0 Å². The number of halogens is 2. The number of hydrogen-bond donors (Lipinski definition) is 1. The van der Waals surface area contributed by atoms with Crippen molar-refractivity contribution < 1.29 is 23.1 Å².